The molecule has 3 aromatic rings. The minimum Gasteiger partial charge on any atom is -0.492 e. The number of nitrogens with zero attached hydrogens (tertiary/aromatic N) is 2. The Kier molecular flexibility index (Phi) is 6.97. The number of ketones is 1. The number of benzene rings is 2. The molecule has 2 aromatic carbocycles. The smallest absolute Gasteiger partial charge is 0.170 e. The first-order chi connectivity index (χ1) is 16.4. The summed E-state index contributed by atoms with van der Waals surface area (Å²) >= 11 is 0. The number of rotatable bonds is 7. The zero-order valence-corrected chi connectivity index (χ0v) is 22.0. The number of aromatic nitrogens is 1. The second-order valence-electron chi connectivity index (χ2n) is 10.5. The van der Waals surface area contributed by atoms with Crippen LogP contribution in [0.4, 0.5) is 5.69 Å². The Balaban J connectivity index is 1.74. The molecule has 0 amide bonds. The lowest BCUT2D eigenvalue weighted by Crippen LogP contribution is -2.40. The Morgan fingerprint density at radius 3 is 2.43 bits per heavy atom. The van der Waals surface area contributed by atoms with Crippen LogP contribution in [-0.2, 0) is 9.84 Å². The predicted molar refractivity (Wildman–Crippen MR) is 142 cm³/mol. The van der Waals surface area contributed by atoms with E-state index in [1.165, 1.54) is 0 Å². The molecule has 1 fully saturated rings. The summed E-state index contributed by atoms with van der Waals surface area (Å²) < 4.78 is 30.0. The van der Waals surface area contributed by atoms with E-state index in [2.05, 4.69) is 20.9 Å². The van der Waals surface area contributed by atoms with E-state index in [9.17, 15) is 13.2 Å². The highest BCUT2D eigenvalue weighted by molar-refractivity contribution is 7.91. The summed E-state index contributed by atoms with van der Waals surface area (Å²) in [6.07, 6.45) is 1.79. The molecule has 0 bridgehead atoms. The molecule has 0 spiro atoms. The number of hydrogen-bond donors (Lipinski definition) is 1. The Hall–Kier alpha value is -2.84. The molecule has 0 unspecified atom stereocenters. The molecule has 188 valence electrons. The Morgan fingerprint density at radius 1 is 1.06 bits per heavy atom. The number of fused-ring (bicyclic) bond motifs is 1. The van der Waals surface area contributed by atoms with E-state index in [-0.39, 0.29) is 17.3 Å². The van der Waals surface area contributed by atoms with Crippen molar-refractivity contribution in [3.63, 3.8) is 0 Å². The van der Waals surface area contributed by atoms with Crippen molar-refractivity contribution >= 4 is 32.2 Å². The molecule has 1 aromatic heterocycles. The second kappa shape index (κ2) is 9.66. The molecule has 35 heavy (non-hydrogen) atoms. The topological polar surface area (TPSA) is 82.7 Å². The fourth-order valence-corrected chi connectivity index (χ4v) is 5.43. The van der Waals surface area contributed by atoms with Crippen LogP contribution in [0, 0.1) is 5.41 Å². The van der Waals surface area contributed by atoms with Crippen LogP contribution in [0.15, 0.2) is 42.6 Å². The average Bonchev–Trinajstić information content (AvgIpc) is 3.20. The van der Waals surface area contributed by atoms with Crippen LogP contribution in [-0.4, -0.2) is 75.9 Å². The number of Topliss-reactive ketones (excluding diaryl/α,β-unsaturated/α-hetero) is 1. The van der Waals surface area contributed by atoms with Gasteiger partial charge >= 0.3 is 0 Å². The fourth-order valence-electron chi connectivity index (χ4n) is 4.22. The summed E-state index contributed by atoms with van der Waals surface area (Å²) in [7, 11) is 1.03. The van der Waals surface area contributed by atoms with Crippen molar-refractivity contribution in [2.24, 2.45) is 5.41 Å². The van der Waals surface area contributed by atoms with Crippen LogP contribution in [0.2, 0.25) is 0 Å². The van der Waals surface area contributed by atoms with Gasteiger partial charge in [-0.3, -0.25) is 4.79 Å². The van der Waals surface area contributed by atoms with Crippen molar-refractivity contribution in [1.82, 2.24) is 9.88 Å². The van der Waals surface area contributed by atoms with Crippen LogP contribution in [0.3, 0.4) is 0 Å². The van der Waals surface area contributed by atoms with Gasteiger partial charge in [-0.2, -0.15) is 0 Å². The first kappa shape index (κ1) is 25.3. The van der Waals surface area contributed by atoms with Gasteiger partial charge in [0.15, 0.2) is 15.6 Å². The molecule has 1 aliphatic rings. The van der Waals surface area contributed by atoms with Crippen LogP contribution in [0.25, 0.3) is 22.0 Å². The summed E-state index contributed by atoms with van der Waals surface area (Å²) in [5, 5.41) is 0.895. The number of carbonyl (C=O) groups is 1. The summed E-state index contributed by atoms with van der Waals surface area (Å²) in [6.45, 7) is 8.04. The maximum atomic E-state index is 13.0. The highest BCUT2D eigenvalue weighted by Gasteiger charge is 2.26. The number of aromatic amines is 1. The minimum absolute atomic E-state index is 0.0943. The van der Waals surface area contributed by atoms with Gasteiger partial charge in [0.05, 0.1) is 11.5 Å². The van der Waals surface area contributed by atoms with Gasteiger partial charge in [0.1, 0.15) is 12.4 Å². The van der Waals surface area contributed by atoms with Crippen molar-refractivity contribution in [1.29, 1.82) is 0 Å². The zero-order valence-electron chi connectivity index (χ0n) is 21.2. The lowest BCUT2D eigenvalue weighted by Gasteiger charge is -2.29. The number of H-pyrrole nitrogens is 1. The van der Waals surface area contributed by atoms with E-state index in [0.717, 1.165) is 40.0 Å². The van der Waals surface area contributed by atoms with Crippen molar-refractivity contribution in [3.8, 4) is 16.9 Å². The summed E-state index contributed by atoms with van der Waals surface area (Å²) in [5.41, 5.74) is 4.01. The second-order valence-corrected chi connectivity index (χ2v) is 12.9. The monoisotopic (exact) mass is 497 g/mol. The Bertz CT molecular complexity index is 1320. The Morgan fingerprint density at radius 2 is 1.77 bits per heavy atom. The summed E-state index contributed by atoms with van der Waals surface area (Å²) in [4.78, 5) is 20.4. The number of ether oxygens (including phenoxy) is 1. The molecule has 8 heteroatoms. The standard InChI is InChI=1S/C27H35N3O4S/c1-27(2,3)26(31)24-18-28-25-7-6-19(16-23(24)25)20-14-21(30-9-12-35(32,33)13-10-30)17-22(15-20)34-11-8-29(4)5/h6-7,14-18,28H,8-13H2,1-5H3. The third-order valence-corrected chi connectivity index (χ3v) is 7.96. The SMILES string of the molecule is CN(C)CCOc1cc(-c2ccc3[nH]cc(C(=O)C(C)(C)C)c3c2)cc(N2CCS(=O)(=O)CC2)c1. The van der Waals surface area contributed by atoms with Gasteiger partial charge in [-0.1, -0.05) is 26.8 Å². The molecule has 1 N–H and O–H groups in total. The lowest BCUT2D eigenvalue weighted by molar-refractivity contribution is 0.0860. The van der Waals surface area contributed by atoms with Gasteiger partial charge in [0.25, 0.3) is 0 Å². The zero-order chi connectivity index (χ0) is 25.4. The first-order valence-corrected chi connectivity index (χ1v) is 13.8. The van der Waals surface area contributed by atoms with Gasteiger partial charge in [0.2, 0.25) is 0 Å². The molecule has 7 nitrogen and oxygen atoms in total. The molecule has 1 aliphatic heterocycles. The molecular weight excluding hydrogens is 462 g/mol. The normalized spacial score (nSPS) is 16.1. The van der Waals surface area contributed by atoms with E-state index < -0.39 is 15.3 Å². The summed E-state index contributed by atoms with van der Waals surface area (Å²) in [5.74, 6) is 1.15. The molecule has 0 atom stereocenters. The van der Waals surface area contributed by atoms with Gasteiger partial charge in [-0.15, -0.1) is 0 Å². The summed E-state index contributed by atoms with van der Waals surface area (Å²) in [6, 6.07) is 12.2. The van der Waals surface area contributed by atoms with Crippen molar-refractivity contribution in [2.75, 3.05) is 56.7 Å². The molecule has 0 radical (unpaired) electrons. The lowest BCUT2D eigenvalue weighted by atomic mass is 9.86. The number of nitrogens with one attached hydrogen (secondary N) is 1. The number of carbonyl (C=O) groups excluding carboxylic acids is 1. The van der Waals surface area contributed by atoms with E-state index in [0.29, 0.717) is 25.3 Å². The molecule has 0 aliphatic carbocycles. The molecule has 4 rings (SSSR count). The van der Waals surface area contributed by atoms with Crippen LogP contribution in [0.5, 0.6) is 5.75 Å². The van der Waals surface area contributed by atoms with E-state index >= 15 is 0 Å². The van der Waals surface area contributed by atoms with Gasteiger partial charge in [0, 0.05) is 59.5 Å². The number of sulfone groups is 1. The highest BCUT2D eigenvalue weighted by atomic mass is 32.2. The maximum Gasteiger partial charge on any atom is 0.170 e. The van der Waals surface area contributed by atoms with Crippen molar-refractivity contribution in [3.05, 3.63) is 48.2 Å². The van der Waals surface area contributed by atoms with Gasteiger partial charge < -0.3 is 19.5 Å². The first-order valence-electron chi connectivity index (χ1n) is 12.0. The third-order valence-electron chi connectivity index (χ3n) is 6.35. The third kappa shape index (κ3) is 5.87. The largest absolute Gasteiger partial charge is 0.492 e. The maximum absolute atomic E-state index is 13.0. The fraction of sp³-hybridized carbons (Fsp3) is 0.444. The van der Waals surface area contributed by atoms with Gasteiger partial charge in [-0.25, -0.2) is 8.42 Å². The minimum atomic E-state index is -2.98. The number of hydrogen-bond acceptors (Lipinski definition) is 6. The van der Waals surface area contributed by atoms with Crippen molar-refractivity contribution < 1.29 is 17.9 Å². The van der Waals surface area contributed by atoms with E-state index in [1.54, 1.807) is 6.20 Å². The van der Waals surface area contributed by atoms with E-state index in [4.69, 9.17) is 4.74 Å². The molecular formula is C27H35N3O4S. The quantitative estimate of drug-likeness (QED) is 0.492. The highest BCUT2D eigenvalue weighted by Crippen LogP contribution is 2.34. The van der Waals surface area contributed by atoms with E-state index in [1.807, 2.05) is 65.2 Å². The van der Waals surface area contributed by atoms with Crippen LogP contribution < -0.4 is 9.64 Å². The van der Waals surface area contributed by atoms with Crippen molar-refractivity contribution in [2.45, 2.75) is 20.8 Å². The predicted octanol–water partition coefficient (Wildman–Crippen LogP) is 4.24. The average molecular weight is 498 g/mol. The van der Waals surface area contributed by atoms with Crippen LogP contribution >= 0.6 is 0 Å². The molecule has 0 saturated carbocycles. The number of anilines is 1. The number of likely N-dealkylation sites (N-methyl/N-ethyl adjacent to an activating group) is 1. The van der Waals surface area contributed by atoms with Gasteiger partial charge in [-0.05, 0) is 49.5 Å². The molecule has 1 saturated heterocycles. The van der Waals surface area contributed by atoms with Crippen LogP contribution in [0.1, 0.15) is 31.1 Å². The molecule has 2 heterocycles. The Labute approximate surface area is 208 Å².